The van der Waals surface area contributed by atoms with Crippen LogP contribution in [0.5, 0.6) is 0 Å². The molecule has 0 aliphatic carbocycles. The van der Waals surface area contributed by atoms with Crippen LogP contribution in [0.1, 0.15) is 0 Å². The van der Waals surface area contributed by atoms with Crippen molar-refractivity contribution in [2.75, 3.05) is 0 Å². The first-order valence-corrected chi connectivity index (χ1v) is 2.35. The van der Waals surface area contributed by atoms with Gasteiger partial charge in [-0.05, 0) is 0 Å². The number of hydrogen-bond donors (Lipinski definition) is 3. The molecular formula is CH6KO4P. The van der Waals surface area contributed by atoms with Gasteiger partial charge in [-0.2, -0.15) is 0 Å². The van der Waals surface area contributed by atoms with Crippen molar-refractivity contribution in [3.63, 3.8) is 0 Å². The summed E-state index contributed by atoms with van der Waals surface area (Å²) in [4.78, 5) is 21.6. The summed E-state index contributed by atoms with van der Waals surface area (Å²) in [6, 6.07) is 0. The molecule has 6 heteroatoms. The van der Waals surface area contributed by atoms with Crippen molar-refractivity contribution in [3.05, 3.63) is 7.43 Å². The van der Waals surface area contributed by atoms with E-state index in [0.29, 0.717) is 0 Å². The van der Waals surface area contributed by atoms with Gasteiger partial charge >= 0.3 is 59.2 Å². The van der Waals surface area contributed by atoms with Crippen LogP contribution >= 0.6 is 7.82 Å². The van der Waals surface area contributed by atoms with Crippen molar-refractivity contribution >= 4 is 7.82 Å². The van der Waals surface area contributed by atoms with Gasteiger partial charge in [-0.3, -0.25) is 0 Å². The topological polar surface area (TPSA) is 77.8 Å². The van der Waals surface area contributed by atoms with Crippen LogP contribution in [0, 0.1) is 7.43 Å². The van der Waals surface area contributed by atoms with Gasteiger partial charge in [-0.15, -0.1) is 0 Å². The maximum Gasteiger partial charge on any atom is 1.00 e. The summed E-state index contributed by atoms with van der Waals surface area (Å²) in [5.41, 5.74) is 0. The molecule has 0 fully saturated rings. The third kappa shape index (κ3) is 83.9. The van der Waals surface area contributed by atoms with Crippen LogP contribution in [0.4, 0.5) is 0 Å². The summed E-state index contributed by atoms with van der Waals surface area (Å²) < 4.78 is 8.88. The number of phosphoric acid groups is 1. The van der Waals surface area contributed by atoms with Crippen LogP contribution in [0.3, 0.4) is 0 Å². The van der Waals surface area contributed by atoms with Crippen molar-refractivity contribution in [3.8, 4) is 0 Å². The van der Waals surface area contributed by atoms with Crippen LogP contribution in [-0.4, -0.2) is 14.7 Å². The largest absolute Gasteiger partial charge is 1.00 e. The first-order valence-electron chi connectivity index (χ1n) is 0.783. The predicted octanol–water partition coefficient (Wildman–Crippen LogP) is -3.47. The van der Waals surface area contributed by atoms with E-state index in [2.05, 4.69) is 0 Å². The van der Waals surface area contributed by atoms with Crippen LogP contribution in [-0.2, 0) is 4.57 Å². The van der Waals surface area contributed by atoms with E-state index in [4.69, 9.17) is 19.2 Å². The smallest absolute Gasteiger partial charge is 0.358 e. The molecule has 0 aromatic rings. The fourth-order valence-corrected chi connectivity index (χ4v) is 0. The molecule has 0 aromatic carbocycles. The van der Waals surface area contributed by atoms with Crippen molar-refractivity contribution in [2.24, 2.45) is 0 Å². The molecule has 0 aliphatic rings. The van der Waals surface area contributed by atoms with Crippen LogP contribution in [0.15, 0.2) is 0 Å². The Balaban J connectivity index is -0.0000000800. The van der Waals surface area contributed by atoms with Gasteiger partial charge in [0.25, 0.3) is 0 Å². The van der Waals surface area contributed by atoms with E-state index in [-0.39, 0.29) is 58.8 Å². The molecule has 7 heavy (non-hydrogen) atoms. The minimum Gasteiger partial charge on any atom is -0.358 e. The zero-order chi connectivity index (χ0) is 4.50. The molecule has 4 nitrogen and oxygen atoms in total. The summed E-state index contributed by atoms with van der Waals surface area (Å²) in [6.45, 7) is 0. The zero-order valence-corrected chi connectivity index (χ0v) is 8.21. The van der Waals surface area contributed by atoms with Crippen LogP contribution in [0.25, 0.3) is 0 Å². The first kappa shape index (κ1) is 15.9. The molecule has 0 aromatic heterocycles. The molecule has 0 saturated heterocycles. The minimum atomic E-state index is -4.64. The van der Waals surface area contributed by atoms with Crippen LogP contribution in [0.2, 0.25) is 0 Å². The number of rotatable bonds is 0. The van der Waals surface area contributed by atoms with Gasteiger partial charge in [0.15, 0.2) is 0 Å². The van der Waals surface area contributed by atoms with E-state index in [1.807, 2.05) is 0 Å². The van der Waals surface area contributed by atoms with Gasteiger partial charge in [0.2, 0.25) is 0 Å². The zero-order valence-electron chi connectivity index (χ0n) is 4.20. The van der Waals surface area contributed by atoms with Gasteiger partial charge in [-0.1, -0.05) is 0 Å². The molecule has 0 radical (unpaired) electrons. The molecule has 0 spiro atoms. The molecule has 0 atom stereocenters. The monoisotopic (exact) mass is 152 g/mol. The quantitative estimate of drug-likeness (QED) is 0.191. The van der Waals surface area contributed by atoms with Crippen molar-refractivity contribution in [1.82, 2.24) is 0 Å². The fraction of sp³-hybridized carbons (Fsp3) is 0. The molecule has 0 bridgehead atoms. The van der Waals surface area contributed by atoms with Gasteiger partial charge in [0.05, 0.1) is 0 Å². The van der Waals surface area contributed by atoms with Gasteiger partial charge in [-0.25, -0.2) is 4.57 Å². The average Bonchev–Trinajstić information content (AvgIpc) is 0.722. The Morgan fingerprint density at radius 3 is 1.14 bits per heavy atom. The molecule has 3 N–H and O–H groups in total. The predicted molar refractivity (Wildman–Crippen MR) is 20.7 cm³/mol. The molecule has 0 unspecified atom stereocenters. The van der Waals surface area contributed by atoms with E-state index < -0.39 is 7.82 Å². The second-order valence-corrected chi connectivity index (χ2v) is 1.54. The maximum atomic E-state index is 8.88. The summed E-state index contributed by atoms with van der Waals surface area (Å²) in [5.74, 6) is 0. The van der Waals surface area contributed by atoms with Gasteiger partial charge < -0.3 is 22.1 Å². The Bertz CT molecular complexity index is 57.8. The number of hydrogen-bond acceptors (Lipinski definition) is 1. The Morgan fingerprint density at radius 1 is 1.14 bits per heavy atom. The SMILES string of the molecule is O=P(O)(O)O.[CH3-].[K+]. The Labute approximate surface area is 84.6 Å². The maximum absolute atomic E-state index is 8.88. The van der Waals surface area contributed by atoms with E-state index in [1.54, 1.807) is 0 Å². The Kier molecular flexibility index (Phi) is 13.3. The van der Waals surface area contributed by atoms with E-state index in [9.17, 15) is 0 Å². The molecule has 0 saturated carbocycles. The molecule has 40 valence electrons. The van der Waals surface area contributed by atoms with E-state index in [1.165, 1.54) is 0 Å². The summed E-state index contributed by atoms with van der Waals surface area (Å²) >= 11 is 0. The van der Waals surface area contributed by atoms with E-state index >= 15 is 0 Å². The summed E-state index contributed by atoms with van der Waals surface area (Å²) in [6.07, 6.45) is 0. The summed E-state index contributed by atoms with van der Waals surface area (Å²) in [7, 11) is -4.64. The van der Waals surface area contributed by atoms with Crippen molar-refractivity contribution < 1.29 is 70.6 Å². The second kappa shape index (κ2) is 5.88. The van der Waals surface area contributed by atoms with Gasteiger partial charge in [0.1, 0.15) is 0 Å². The molecule has 0 heterocycles. The molecule has 0 rings (SSSR count). The van der Waals surface area contributed by atoms with Crippen LogP contribution < -0.4 is 51.4 Å². The minimum absolute atomic E-state index is 0. The molecule has 0 aliphatic heterocycles. The average molecular weight is 152 g/mol. The Hall–Kier alpha value is 1.75. The third-order valence-electron chi connectivity index (χ3n) is 0. The van der Waals surface area contributed by atoms with E-state index in [0.717, 1.165) is 0 Å². The molecular weight excluding hydrogens is 146 g/mol. The first-order chi connectivity index (χ1) is 2.00. The summed E-state index contributed by atoms with van der Waals surface area (Å²) in [5, 5.41) is 0. The standard InChI is InChI=1S/CH3.K.H3O4P/c;;1-5(2,3)4/h1H3;;(H3,1,2,3,4)/q-1;+1;. The van der Waals surface area contributed by atoms with Crippen molar-refractivity contribution in [1.29, 1.82) is 0 Å². The third-order valence-corrected chi connectivity index (χ3v) is 0. The second-order valence-electron chi connectivity index (χ2n) is 0.513. The van der Waals surface area contributed by atoms with Crippen molar-refractivity contribution in [2.45, 2.75) is 0 Å². The van der Waals surface area contributed by atoms with Gasteiger partial charge in [0, 0.05) is 0 Å². The molecule has 0 amide bonds. The fourth-order valence-electron chi connectivity index (χ4n) is 0. The Morgan fingerprint density at radius 2 is 1.14 bits per heavy atom. The normalized spacial score (nSPS) is 8.43.